The van der Waals surface area contributed by atoms with E-state index in [1.807, 2.05) is 24.3 Å². The van der Waals surface area contributed by atoms with Crippen molar-refractivity contribution >= 4 is 35.6 Å². The van der Waals surface area contributed by atoms with Gasteiger partial charge in [0.05, 0.1) is 13.2 Å². The van der Waals surface area contributed by atoms with E-state index in [0.717, 1.165) is 24.3 Å². The zero-order valence-corrected chi connectivity index (χ0v) is 12.2. The van der Waals surface area contributed by atoms with Crippen LogP contribution in [0.3, 0.4) is 0 Å². The van der Waals surface area contributed by atoms with Gasteiger partial charge in [-0.1, -0.05) is 0 Å². The minimum atomic E-state index is 0. The van der Waals surface area contributed by atoms with Crippen LogP contribution in [0.1, 0.15) is 19.3 Å². The van der Waals surface area contributed by atoms with Gasteiger partial charge in [0, 0.05) is 5.69 Å². The molecule has 1 aliphatic carbocycles. The van der Waals surface area contributed by atoms with Crippen LogP contribution in [-0.4, -0.2) is 19.1 Å². The van der Waals surface area contributed by atoms with Gasteiger partial charge in [-0.3, -0.25) is 0 Å². The number of hydrogen-bond acceptors (Lipinski definition) is 2. The quantitative estimate of drug-likeness (QED) is 0.502. The Balaban J connectivity index is 0.00000144. The van der Waals surface area contributed by atoms with Crippen LogP contribution in [0.15, 0.2) is 29.3 Å². The van der Waals surface area contributed by atoms with Crippen LogP contribution < -0.4 is 15.8 Å². The summed E-state index contributed by atoms with van der Waals surface area (Å²) in [5, 5.41) is 3.06. The lowest BCUT2D eigenvalue weighted by Crippen LogP contribution is -2.27. The fraction of sp³-hybridized carbons (Fsp3) is 0.417. The highest BCUT2D eigenvalue weighted by Crippen LogP contribution is 2.22. The number of methoxy groups -OCH3 is 1. The molecular weight excluding hydrogens is 329 g/mol. The topological polar surface area (TPSA) is 59.6 Å². The summed E-state index contributed by atoms with van der Waals surface area (Å²) < 4.78 is 5.08. The minimum Gasteiger partial charge on any atom is -0.497 e. The SMILES string of the molecule is COc1ccc(NC(N)=NC2CCC2)cc1.I. The van der Waals surface area contributed by atoms with E-state index in [-0.39, 0.29) is 24.0 Å². The third-order valence-electron chi connectivity index (χ3n) is 2.76. The summed E-state index contributed by atoms with van der Waals surface area (Å²) >= 11 is 0. The lowest BCUT2D eigenvalue weighted by atomic mass is 9.94. The van der Waals surface area contributed by atoms with Crippen molar-refractivity contribution in [2.24, 2.45) is 10.7 Å². The summed E-state index contributed by atoms with van der Waals surface area (Å²) in [5.74, 6) is 1.33. The number of hydrogen-bond donors (Lipinski definition) is 2. The fourth-order valence-electron chi connectivity index (χ4n) is 1.57. The lowest BCUT2D eigenvalue weighted by molar-refractivity contribution is 0.415. The average molecular weight is 347 g/mol. The molecule has 0 spiro atoms. The number of nitrogens with zero attached hydrogens (tertiary/aromatic N) is 1. The van der Waals surface area contributed by atoms with Gasteiger partial charge < -0.3 is 15.8 Å². The second-order valence-corrected chi connectivity index (χ2v) is 3.95. The predicted molar refractivity (Wildman–Crippen MR) is 81.3 cm³/mol. The number of benzene rings is 1. The lowest BCUT2D eigenvalue weighted by Gasteiger charge is -2.21. The van der Waals surface area contributed by atoms with E-state index >= 15 is 0 Å². The summed E-state index contributed by atoms with van der Waals surface area (Å²) in [6.45, 7) is 0. The highest BCUT2D eigenvalue weighted by atomic mass is 127. The van der Waals surface area contributed by atoms with Crippen LogP contribution in [0.4, 0.5) is 5.69 Å². The molecular formula is C12H18IN3O. The Kier molecular flexibility index (Phi) is 5.54. The number of anilines is 1. The maximum Gasteiger partial charge on any atom is 0.193 e. The van der Waals surface area contributed by atoms with Gasteiger partial charge in [0.15, 0.2) is 5.96 Å². The first-order valence-corrected chi connectivity index (χ1v) is 5.52. The molecule has 0 atom stereocenters. The second kappa shape index (κ2) is 6.68. The van der Waals surface area contributed by atoms with Crippen LogP contribution in [0.2, 0.25) is 0 Å². The molecule has 0 amide bonds. The fourth-order valence-corrected chi connectivity index (χ4v) is 1.57. The standard InChI is InChI=1S/C12H17N3O.HI/c1-16-11-7-5-10(6-8-11)15-12(13)14-9-3-2-4-9;/h5-9H,2-4H2,1H3,(H3,13,14,15);1H. The summed E-state index contributed by atoms with van der Waals surface area (Å²) in [7, 11) is 1.65. The van der Waals surface area contributed by atoms with Crippen molar-refractivity contribution in [1.29, 1.82) is 0 Å². The van der Waals surface area contributed by atoms with Crippen LogP contribution >= 0.6 is 24.0 Å². The summed E-state index contributed by atoms with van der Waals surface area (Å²) in [6.07, 6.45) is 3.58. The molecule has 4 nitrogen and oxygen atoms in total. The van der Waals surface area contributed by atoms with Crippen molar-refractivity contribution in [3.05, 3.63) is 24.3 Å². The van der Waals surface area contributed by atoms with Gasteiger partial charge in [0.25, 0.3) is 0 Å². The largest absolute Gasteiger partial charge is 0.497 e. The Bertz CT molecular complexity index is 374. The average Bonchev–Trinajstić information content (AvgIpc) is 2.25. The Morgan fingerprint density at radius 3 is 2.47 bits per heavy atom. The molecule has 3 N–H and O–H groups in total. The molecule has 2 rings (SSSR count). The molecule has 0 radical (unpaired) electrons. The van der Waals surface area contributed by atoms with Crippen LogP contribution in [0, 0.1) is 0 Å². The van der Waals surface area contributed by atoms with Crippen molar-refractivity contribution in [3.63, 3.8) is 0 Å². The number of ether oxygens (including phenoxy) is 1. The molecule has 1 aromatic rings. The van der Waals surface area contributed by atoms with E-state index in [2.05, 4.69) is 10.3 Å². The first-order chi connectivity index (χ1) is 7.78. The third kappa shape index (κ3) is 4.07. The van der Waals surface area contributed by atoms with E-state index in [1.54, 1.807) is 7.11 Å². The van der Waals surface area contributed by atoms with Crippen molar-refractivity contribution in [2.75, 3.05) is 12.4 Å². The molecule has 1 fully saturated rings. The first kappa shape index (κ1) is 14.1. The maximum absolute atomic E-state index is 5.79. The molecule has 0 bridgehead atoms. The Labute approximate surface area is 119 Å². The van der Waals surface area contributed by atoms with Crippen molar-refractivity contribution in [3.8, 4) is 5.75 Å². The smallest absolute Gasteiger partial charge is 0.193 e. The third-order valence-corrected chi connectivity index (χ3v) is 2.76. The molecule has 1 saturated carbocycles. The van der Waals surface area contributed by atoms with E-state index in [4.69, 9.17) is 10.5 Å². The number of halogens is 1. The molecule has 5 heteroatoms. The van der Waals surface area contributed by atoms with Crippen molar-refractivity contribution in [1.82, 2.24) is 0 Å². The molecule has 0 heterocycles. The number of nitrogens with one attached hydrogen (secondary N) is 1. The maximum atomic E-state index is 5.79. The number of rotatable bonds is 3. The van der Waals surface area contributed by atoms with E-state index < -0.39 is 0 Å². The molecule has 94 valence electrons. The highest BCUT2D eigenvalue weighted by Gasteiger charge is 2.16. The van der Waals surface area contributed by atoms with Gasteiger partial charge in [0.1, 0.15) is 5.75 Å². The van der Waals surface area contributed by atoms with Crippen LogP contribution in [0.5, 0.6) is 5.75 Å². The molecule has 1 aromatic carbocycles. The van der Waals surface area contributed by atoms with Gasteiger partial charge >= 0.3 is 0 Å². The zero-order chi connectivity index (χ0) is 11.4. The highest BCUT2D eigenvalue weighted by molar-refractivity contribution is 14.0. The number of guanidine groups is 1. The number of nitrogens with two attached hydrogens (primary N) is 1. The van der Waals surface area contributed by atoms with Crippen LogP contribution in [-0.2, 0) is 0 Å². The Hall–Kier alpha value is -0.980. The molecule has 0 aromatic heterocycles. The monoisotopic (exact) mass is 347 g/mol. The Morgan fingerprint density at radius 1 is 1.35 bits per heavy atom. The zero-order valence-electron chi connectivity index (χ0n) is 9.85. The van der Waals surface area contributed by atoms with Gasteiger partial charge in [-0.05, 0) is 43.5 Å². The first-order valence-electron chi connectivity index (χ1n) is 5.52. The molecule has 0 aliphatic heterocycles. The molecule has 0 saturated heterocycles. The van der Waals surface area contributed by atoms with E-state index in [1.165, 1.54) is 6.42 Å². The minimum absolute atomic E-state index is 0. The second-order valence-electron chi connectivity index (χ2n) is 3.95. The van der Waals surface area contributed by atoms with Gasteiger partial charge in [0.2, 0.25) is 0 Å². The number of aliphatic imine (C=N–C) groups is 1. The van der Waals surface area contributed by atoms with Gasteiger partial charge in [-0.2, -0.15) is 0 Å². The summed E-state index contributed by atoms with van der Waals surface area (Å²) in [4.78, 5) is 4.37. The predicted octanol–water partition coefficient (Wildman–Crippen LogP) is 2.59. The molecule has 1 aliphatic rings. The van der Waals surface area contributed by atoms with Crippen LogP contribution in [0.25, 0.3) is 0 Å². The van der Waals surface area contributed by atoms with E-state index in [0.29, 0.717) is 12.0 Å². The Morgan fingerprint density at radius 2 is 2.00 bits per heavy atom. The molecule has 17 heavy (non-hydrogen) atoms. The van der Waals surface area contributed by atoms with E-state index in [9.17, 15) is 0 Å². The summed E-state index contributed by atoms with van der Waals surface area (Å²) in [5.41, 5.74) is 6.73. The van der Waals surface area contributed by atoms with Crippen molar-refractivity contribution in [2.45, 2.75) is 25.3 Å². The van der Waals surface area contributed by atoms with Gasteiger partial charge in [-0.25, -0.2) is 4.99 Å². The van der Waals surface area contributed by atoms with Crippen molar-refractivity contribution < 1.29 is 4.74 Å². The normalized spacial score (nSPS) is 15.7. The van der Waals surface area contributed by atoms with Gasteiger partial charge in [-0.15, -0.1) is 24.0 Å². The summed E-state index contributed by atoms with van der Waals surface area (Å²) in [6, 6.07) is 8.03. The molecule has 0 unspecified atom stereocenters.